The molecule has 5 aromatic rings. The number of aryl methyl sites for hydroxylation is 1. The van der Waals surface area contributed by atoms with Crippen molar-refractivity contribution < 1.29 is 4.79 Å². The number of aromatic nitrogens is 6. The molecule has 4 aromatic heterocycles. The molecule has 1 amide bonds. The Balaban J connectivity index is 1.63. The van der Waals surface area contributed by atoms with Crippen molar-refractivity contribution in [2.45, 2.75) is 23.0 Å². The fourth-order valence-corrected chi connectivity index (χ4v) is 5.35. The van der Waals surface area contributed by atoms with Crippen molar-refractivity contribution in [2.24, 2.45) is 12.8 Å². The number of primary amides is 1. The van der Waals surface area contributed by atoms with E-state index in [4.69, 9.17) is 15.7 Å². The first kappa shape index (κ1) is 21.2. The lowest BCUT2D eigenvalue weighted by molar-refractivity contribution is -0.118. The Morgan fingerprint density at radius 1 is 1.09 bits per heavy atom. The number of benzene rings is 1. The van der Waals surface area contributed by atoms with Crippen LogP contribution >= 0.6 is 23.1 Å². The highest BCUT2D eigenvalue weighted by molar-refractivity contribution is 7.99. The van der Waals surface area contributed by atoms with Crippen LogP contribution in [0.25, 0.3) is 32.9 Å². The summed E-state index contributed by atoms with van der Waals surface area (Å²) in [6.45, 7) is 0. The van der Waals surface area contributed by atoms with Crippen LogP contribution in [0.15, 0.2) is 70.3 Å². The molecule has 0 aliphatic carbocycles. The van der Waals surface area contributed by atoms with Crippen LogP contribution in [-0.2, 0) is 18.3 Å². The molecule has 8 nitrogen and oxygen atoms in total. The third-order valence-electron chi connectivity index (χ3n) is 5.09. The summed E-state index contributed by atoms with van der Waals surface area (Å²) >= 11 is 3.00. The molecule has 1 aromatic carbocycles. The monoisotopic (exact) mass is 473 g/mol. The molecule has 0 fully saturated rings. The molecule has 0 spiro atoms. The first-order chi connectivity index (χ1) is 16.1. The largest absolute Gasteiger partial charge is 0.370 e. The third kappa shape index (κ3) is 4.35. The molecule has 10 heteroatoms. The van der Waals surface area contributed by atoms with Crippen molar-refractivity contribution in [2.75, 3.05) is 0 Å². The minimum Gasteiger partial charge on any atom is -0.370 e. The summed E-state index contributed by atoms with van der Waals surface area (Å²) in [5.41, 5.74) is 8.16. The van der Waals surface area contributed by atoms with Gasteiger partial charge in [-0.1, -0.05) is 36.4 Å². The number of carbonyl (C=O) groups excluding carboxylic acids is 1. The summed E-state index contributed by atoms with van der Waals surface area (Å²) < 4.78 is 1.87. The van der Waals surface area contributed by atoms with E-state index in [0.29, 0.717) is 28.9 Å². The SMILES string of the molecule is Cn1c(CCC(N)=O)nnc1Sc1nc(-c2ccccn2)nc2scc(-c3ccccc3)c12. The zero-order valence-corrected chi connectivity index (χ0v) is 19.3. The van der Waals surface area contributed by atoms with E-state index in [2.05, 4.69) is 32.7 Å². The van der Waals surface area contributed by atoms with Crippen LogP contribution in [-0.4, -0.2) is 35.6 Å². The van der Waals surface area contributed by atoms with Gasteiger partial charge in [-0.25, -0.2) is 9.97 Å². The molecule has 0 aliphatic heterocycles. The Labute approximate surface area is 197 Å². The highest BCUT2D eigenvalue weighted by Crippen LogP contribution is 2.41. The molecule has 0 atom stereocenters. The molecule has 4 heterocycles. The van der Waals surface area contributed by atoms with Gasteiger partial charge < -0.3 is 10.3 Å². The van der Waals surface area contributed by atoms with Crippen molar-refractivity contribution in [1.82, 2.24) is 29.7 Å². The average Bonchev–Trinajstić information content (AvgIpc) is 3.42. The first-order valence-corrected chi connectivity index (χ1v) is 11.9. The van der Waals surface area contributed by atoms with Crippen LogP contribution in [0.5, 0.6) is 0 Å². The molecule has 0 saturated heterocycles. The minimum absolute atomic E-state index is 0.223. The van der Waals surface area contributed by atoms with Gasteiger partial charge in [-0.05, 0) is 29.5 Å². The lowest BCUT2D eigenvalue weighted by Gasteiger charge is -2.08. The number of carbonyl (C=O) groups is 1. The molecule has 0 aliphatic rings. The summed E-state index contributed by atoms with van der Waals surface area (Å²) in [7, 11) is 1.88. The second-order valence-electron chi connectivity index (χ2n) is 7.29. The summed E-state index contributed by atoms with van der Waals surface area (Å²) in [6, 6.07) is 15.9. The van der Waals surface area contributed by atoms with Gasteiger partial charge in [0.2, 0.25) is 5.91 Å². The molecule has 0 unspecified atom stereocenters. The molecule has 164 valence electrons. The number of nitrogens with two attached hydrogens (primary N) is 1. The number of nitrogens with zero attached hydrogens (tertiary/aromatic N) is 6. The molecule has 5 rings (SSSR count). The van der Waals surface area contributed by atoms with E-state index < -0.39 is 0 Å². The summed E-state index contributed by atoms with van der Waals surface area (Å²) in [6.07, 6.45) is 2.39. The smallest absolute Gasteiger partial charge is 0.217 e. The molecule has 2 N–H and O–H groups in total. The van der Waals surface area contributed by atoms with Gasteiger partial charge in [-0.15, -0.1) is 21.5 Å². The molecule has 0 saturated carbocycles. The lowest BCUT2D eigenvalue weighted by Crippen LogP contribution is -2.12. The third-order valence-corrected chi connectivity index (χ3v) is 6.99. The quantitative estimate of drug-likeness (QED) is 0.354. The Hall–Kier alpha value is -3.63. The number of thiophene rings is 1. The Morgan fingerprint density at radius 3 is 2.67 bits per heavy atom. The maximum atomic E-state index is 11.2. The maximum absolute atomic E-state index is 11.2. The number of pyridine rings is 1. The second kappa shape index (κ2) is 9.08. The molecular formula is C23H19N7OS2. The van der Waals surface area contributed by atoms with Gasteiger partial charge in [0.15, 0.2) is 11.0 Å². The van der Waals surface area contributed by atoms with Gasteiger partial charge in [0.05, 0.1) is 5.39 Å². The van der Waals surface area contributed by atoms with E-state index in [1.54, 1.807) is 17.5 Å². The molecular weight excluding hydrogens is 454 g/mol. The van der Waals surface area contributed by atoms with Gasteiger partial charge in [0.1, 0.15) is 21.4 Å². The van der Waals surface area contributed by atoms with Crippen LogP contribution < -0.4 is 5.73 Å². The van der Waals surface area contributed by atoms with E-state index >= 15 is 0 Å². The fourth-order valence-electron chi connectivity index (χ4n) is 3.40. The van der Waals surface area contributed by atoms with Crippen molar-refractivity contribution >= 4 is 39.2 Å². The highest BCUT2D eigenvalue weighted by Gasteiger charge is 2.20. The number of hydrogen-bond donors (Lipinski definition) is 1. The number of rotatable bonds is 7. The van der Waals surface area contributed by atoms with Crippen molar-refractivity contribution in [3.63, 3.8) is 0 Å². The van der Waals surface area contributed by atoms with Crippen LogP contribution in [0.3, 0.4) is 0 Å². The molecule has 0 bridgehead atoms. The molecule has 33 heavy (non-hydrogen) atoms. The van der Waals surface area contributed by atoms with Crippen LogP contribution in [0.2, 0.25) is 0 Å². The Bertz CT molecular complexity index is 1430. The number of hydrogen-bond acceptors (Lipinski definition) is 8. The summed E-state index contributed by atoms with van der Waals surface area (Å²) in [5.74, 6) is 0.888. The van der Waals surface area contributed by atoms with Crippen molar-refractivity contribution in [3.8, 4) is 22.6 Å². The van der Waals surface area contributed by atoms with E-state index in [1.807, 2.05) is 48.0 Å². The normalized spacial score (nSPS) is 11.2. The standard InChI is InChI=1S/C23H19N7OS2/c1-30-18(11-10-17(24)31)28-29-23(30)33-22-19-15(14-7-3-2-4-8-14)13-32-21(19)26-20(27-22)16-9-5-6-12-25-16/h2-9,12-13H,10-11H2,1H3,(H2,24,31). The average molecular weight is 474 g/mol. The van der Waals surface area contributed by atoms with Crippen LogP contribution in [0.4, 0.5) is 0 Å². The van der Waals surface area contributed by atoms with Gasteiger partial charge in [-0.3, -0.25) is 9.78 Å². The Morgan fingerprint density at radius 2 is 1.91 bits per heavy atom. The number of amides is 1. The summed E-state index contributed by atoms with van der Waals surface area (Å²) in [5, 5.41) is 13.1. The van der Waals surface area contributed by atoms with E-state index in [0.717, 1.165) is 26.4 Å². The zero-order valence-electron chi connectivity index (χ0n) is 17.7. The van der Waals surface area contributed by atoms with Gasteiger partial charge in [-0.2, -0.15) is 0 Å². The van der Waals surface area contributed by atoms with E-state index in [1.165, 1.54) is 11.8 Å². The maximum Gasteiger partial charge on any atom is 0.217 e. The second-order valence-corrected chi connectivity index (χ2v) is 9.10. The van der Waals surface area contributed by atoms with Gasteiger partial charge >= 0.3 is 0 Å². The lowest BCUT2D eigenvalue weighted by atomic mass is 10.1. The predicted molar refractivity (Wildman–Crippen MR) is 129 cm³/mol. The van der Waals surface area contributed by atoms with Gasteiger partial charge in [0, 0.05) is 37.0 Å². The fraction of sp³-hybridized carbons (Fsp3) is 0.130. The van der Waals surface area contributed by atoms with Gasteiger partial charge in [0.25, 0.3) is 0 Å². The minimum atomic E-state index is -0.365. The van der Waals surface area contributed by atoms with Crippen LogP contribution in [0.1, 0.15) is 12.2 Å². The predicted octanol–water partition coefficient (Wildman–Crippen LogP) is 4.12. The van der Waals surface area contributed by atoms with E-state index in [9.17, 15) is 4.79 Å². The molecule has 0 radical (unpaired) electrons. The van der Waals surface area contributed by atoms with Crippen LogP contribution in [0, 0.1) is 0 Å². The van der Waals surface area contributed by atoms with Crippen molar-refractivity contribution in [1.29, 1.82) is 0 Å². The first-order valence-electron chi connectivity index (χ1n) is 10.2. The number of fused-ring (bicyclic) bond motifs is 1. The highest BCUT2D eigenvalue weighted by atomic mass is 32.2. The van der Waals surface area contributed by atoms with E-state index in [-0.39, 0.29) is 12.3 Å². The topological polar surface area (TPSA) is 112 Å². The zero-order chi connectivity index (χ0) is 22.8. The Kier molecular flexibility index (Phi) is 5.84. The summed E-state index contributed by atoms with van der Waals surface area (Å²) in [4.78, 5) is 26.2. The van der Waals surface area contributed by atoms with Crippen molar-refractivity contribution in [3.05, 3.63) is 65.9 Å².